The fourth-order valence-electron chi connectivity index (χ4n) is 5.72. The molecule has 1 saturated carbocycles. The number of hydrogen-bond acceptors (Lipinski definition) is 6. The Hall–Kier alpha value is -2.96. The molecule has 3 aliphatic rings. The Balaban J connectivity index is 1.45. The SMILES string of the molecule is [C-]#[N+]c1ccc(N2N=C3c4ccc(C(=O)NCCS(C)(=O)=O)nc4CCC3C2C2CCCC2)cc1Cl. The second-order valence-electron chi connectivity index (χ2n) is 9.83. The first kappa shape index (κ1) is 24.7. The highest BCUT2D eigenvalue weighted by atomic mass is 35.5. The van der Waals surface area contributed by atoms with Crippen molar-refractivity contribution in [1.29, 1.82) is 0 Å². The van der Waals surface area contributed by atoms with Gasteiger partial charge in [-0.25, -0.2) is 18.2 Å². The lowest BCUT2D eigenvalue weighted by Gasteiger charge is -2.34. The lowest BCUT2D eigenvalue weighted by molar-refractivity contribution is 0.0951. The molecule has 188 valence electrons. The maximum atomic E-state index is 12.6. The number of aryl methyl sites for hydroxylation is 1. The molecular formula is C26H28ClN5O3S. The van der Waals surface area contributed by atoms with Crippen LogP contribution in [0.4, 0.5) is 11.4 Å². The van der Waals surface area contributed by atoms with Crippen LogP contribution in [0.3, 0.4) is 0 Å². The maximum Gasteiger partial charge on any atom is 0.269 e. The zero-order valence-corrected chi connectivity index (χ0v) is 21.6. The number of benzene rings is 1. The van der Waals surface area contributed by atoms with Crippen molar-refractivity contribution >= 4 is 44.4 Å². The number of anilines is 1. The summed E-state index contributed by atoms with van der Waals surface area (Å²) in [6.45, 7) is 7.36. The lowest BCUT2D eigenvalue weighted by Crippen LogP contribution is -2.40. The molecule has 1 aromatic heterocycles. The number of sulfone groups is 1. The van der Waals surface area contributed by atoms with Gasteiger partial charge in [-0.1, -0.05) is 30.5 Å². The van der Waals surface area contributed by atoms with Crippen LogP contribution in [0.5, 0.6) is 0 Å². The van der Waals surface area contributed by atoms with Crippen LogP contribution in [0.1, 0.15) is 53.8 Å². The van der Waals surface area contributed by atoms with Crippen molar-refractivity contribution in [3.63, 3.8) is 0 Å². The van der Waals surface area contributed by atoms with E-state index in [1.165, 1.54) is 25.7 Å². The molecular weight excluding hydrogens is 498 g/mol. The molecule has 2 unspecified atom stereocenters. The molecule has 0 radical (unpaired) electrons. The monoisotopic (exact) mass is 525 g/mol. The Morgan fingerprint density at radius 3 is 2.69 bits per heavy atom. The van der Waals surface area contributed by atoms with Gasteiger partial charge in [-0.3, -0.25) is 9.80 Å². The van der Waals surface area contributed by atoms with Gasteiger partial charge in [-0.05, 0) is 55.9 Å². The predicted octanol–water partition coefficient (Wildman–Crippen LogP) is 4.41. The minimum Gasteiger partial charge on any atom is -0.350 e. The Morgan fingerprint density at radius 2 is 2.00 bits per heavy atom. The number of aromatic nitrogens is 1. The smallest absolute Gasteiger partial charge is 0.269 e. The van der Waals surface area contributed by atoms with Crippen LogP contribution in [-0.4, -0.2) is 49.6 Å². The van der Waals surface area contributed by atoms with E-state index in [0.29, 0.717) is 16.6 Å². The van der Waals surface area contributed by atoms with Crippen molar-refractivity contribution in [2.75, 3.05) is 23.6 Å². The third-order valence-corrected chi connectivity index (χ3v) is 8.64. The van der Waals surface area contributed by atoms with E-state index >= 15 is 0 Å². The molecule has 0 spiro atoms. The van der Waals surface area contributed by atoms with Crippen LogP contribution in [-0.2, 0) is 16.3 Å². The molecule has 2 aromatic rings. The van der Waals surface area contributed by atoms with Gasteiger partial charge in [0.25, 0.3) is 5.91 Å². The zero-order valence-electron chi connectivity index (χ0n) is 20.1. The number of fused-ring (bicyclic) bond motifs is 3. The summed E-state index contributed by atoms with van der Waals surface area (Å²) in [5.41, 5.74) is 4.41. The van der Waals surface area contributed by atoms with Gasteiger partial charge in [0.2, 0.25) is 5.69 Å². The highest BCUT2D eigenvalue weighted by Gasteiger charge is 2.46. The van der Waals surface area contributed by atoms with Gasteiger partial charge in [0.1, 0.15) is 15.5 Å². The van der Waals surface area contributed by atoms with Crippen LogP contribution in [0.2, 0.25) is 5.02 Å². The Bertz CT molecular complexity index is 1380. The minimum absolute atomic E-state index is 0.0537. The largest absolute Gasteiger partial charge is 0.350 e. The zero-order chi connectivity index (χ0) is 25.4. The third kappa shape index (κ3) is 4.84. The average molecular weight is 526 g/mol. The molecule has 8 nitrogen and oxygen atoms in total. The number of amides is 1. The lowest BCUT2D eigenvalue weighted by atomic mass is 9.76. The van der Waals surface area contributed by atoms with Gasteiger partial charge in [0.05, 0.1) is 35.5 Å². The van der Waals surface area contributed by atoms with Crippen LogP contribution >= 0.6 is 11.6 Å². The number of nitrogens with zero attached hydrogens (tertiary/aromatic N) is 4. The van der Waals surface area contributed by atoms with Crippen LogP contribution in [0, 0.1) is 18.4 Å². The van der Waals surface area contributed by atoms with Crippen molar-refractivity contribution in [2.24, 2.45) is 16.9 Å². The van der Waals surface area contributed by atoms with Gasteiger partial charge < -0.3 is 5.32 Å². The summed E-state index contributed by atoms with van der Waals surface area (Å²) in [6, 6.07) is 9.34. The summed E-state index contributed by atoms with van der Waals surface area (Å²) in [5.74, 6) is 0.305. The molecule has 1 aliphatic heterocycles. The Morgan fingerprint density at radius 1 is 1.22 bits per heavy atom. The Labute approximate surface area is 216 Å². The van der Waals surface area contributed by atoms with E-state index in [2.05, 4.69) is 20.2 Å². The highest BCUT2D eigenvalue weighted by molar-refractivity contribution is 7.90. The van der Waals surface area contributed by atoms with Gasteiger partial charge in [-0.2, -0.15) is 5.10 Å². The molecule has 10 heteroatoms. The van der Waals surface area contributed by atoms with Crippen molar-refractivity contribution in [1.82, 2.24) is 10.3 Å². The average Bonchev–Trinajstić information content (AvgIpc) is 3.50. The van der Waals surface area contributed by atoms with Gasteiger partial charge in [0.15, 0.2) is 0 Å². The number of rotatable bonds is 6. The summed E-state index contributed by atoms with van der Waals surface area (Å²) < 4.78 is 22.7. The molecule has 1 aromatic carbocycles. The number of hydrazone groups is 1. The van der Waals surface area contributed by atoms with E-state index in [1.54, 1.807) is 12.1 Å². The number of nitrogens with one attached hydrogen (secondary N) is 1. The minimum atomic E-state index is -3.15. The van der Waals surface area contributed by atoms with Gasteiger partial charge in [0, 0.05) is 29.3 Å². The van der Waals surface area contributed by atoms with E-state index in [9.17, 15) is 13.2 Å². The molecule has 1 amide bonds. The molecule has 2 aliphatic carbocycles. The Kier molecular flexibility index (Phi) is 6.75. The second kappa shape index (κ2) is 9.83. The number of carbonyl (C=O) groups is 1. The van der Waals surface area contributed by atoms with E-state index in [-0.39, 0.29) is 35.9 Å². The topological polar surface area (TPSA) is 96.1 Å². The molecule has 2 atom stereocenters. The summed E-state index contributed by atoms with van der Waals surface area (Å²) in [7, 11) is -3.15. The standard InChI is InChI=1S/C26H28ClN5O3S/c1-28-22-10-7-17(15-20(22)27)32-25(16-5-3-4-6-16)19-9-11-21-18(24(19)31-32)8-12-23(30-21)26(33)29-13-14-36(2,34)35/h7-8,10,12,15-16,19,25H,3-6,9,11,13-14H2,2H3,(H,29,33). The van der Waals surface area contributed by atoms with Gasteiger partial charge >= 0.3 is 0 Å². The normalized spacial score (nSPS) is 21.5. The quantitative estimate of drug-likeness (QED) is 0.564. The molecule has 0 bridgehead atoms. The van der Waals surface area contributed by atoms with E-state index < -0.39 is 9.84 Å². The van der Waals surface area contributed by atoms with Crippen molar-refractivity contribution in [3.8, 4) is 0 Å². The van der Waals surface area contributed by atoms with Crippen molar-refractivity contribution < 1.29 is 13.2 Å². The summed E-state index contributed by atoms with van der Waals surface area (Å²) in [6.07, 6.45) is 7.58. The fourth-order valence-corrected chi connectivity index (χ4v) is 6.41. The number of halogens is 1. The first-order valence-corrected chi connectivity index (χ1v) is 14.7. The van der Waals surface area contributed by atoms with Crippen molar-refractivity contribution in [2.45, 2.75) is 44.6 Å². The van der Waals surface area contributed by atoms with E-state index in [1.807, 2.05) is 18.2 Å². The molecule has 5 rings (SSSR count). The van der Waals surface area contributed by atoms with Gasteiger partial charge in [-0.15, -0.1) is 0 Å². The molecule has 1 fully saturated rings. The van der Waals surface area contributed by atoms with Crippen LogP contribution in [0.15, 0.2) is 35.4 Å². The number of carbonyl (C=O) groups excluding carboxylic acids is 1. The molecule has 36 heavy (non-hydrogen) atoms. The van der Waals surface area contributed by atoms with Crippen LogP contribution < -0.4 is 10.3 Å². The predicted molar refractivity (Wildman–Crippen MR) is 141 cm³/mol. The summed E-state index contributed by atoms with van der Waals surface area (Å²) >= 11 is 6.39. The van der Waals surface area contributed by atoms with E-state index in [0.717, 1.165) is 41.8 Å². The first-order valence-electron chi connectivity index (χ1n) is 12.3. The third-order valence-electron chi connectivity index (χ3n) is 7.39. The fraction of sp³-hybridized carbons (Fsp3) is 0.462. The maximum absolute atomic E-state index is 12.6. The number of pyridine rings is 1. The van der Waals surface area contributed by atoms with Crippen molar-refractivity contribution in [3.05, 3.63) is 63.7 Å². The van der Waals surface area contributed by atoms with Crippen LogP contribution in [0.25, 0.3) is 4.85 Å². The van der Waals surface area contributed by atoms with E-state index in [4.69, 9.17) is 23.3 Å². The summed E-state index contributed by atoms with van der Waals surface area (Å²) in [5, 5.41) is 10.3. The highest BCUT2D eigenvalue weighted by Crippen LogP contribution is 2.45. The molecule has 1 N–H and O–H groups in total. The second-order valence-corrected chi connectivity index (χ2v) is 12.5. The molecule has 2 heterocycles. The molecule has 0 saturated heterocycles. The number of hydrogen-bond donors (Lipinski definition) is 1. The summed E-state index contributed by atoms with van der Waals surface area (Å²) in [4.78, 5) is 20.7. The first-order chi connectivity index (χ1) is 17.2.